The van der Waals surface area contributed by atoms with Crippen LogP contribution in [-0.4, -0.2) is 34.5 Å². The molecular weight excluding hydrogens is 364 g/mol. The molecule has 0 amide bonds. The Labute approximate surface area is 129 Å². The van der Waals surface area contributed by atoms with Crippen molar-refractivity contribution < 1.29 is 18.3 Å². The minimum absolute atomic E-state index is 0.0267. The van der Waals surface area contributed by atoms with Crippen LogP contribution in [0.4, 0.5) is 5.69 Å². The number of sulfonamides is 1. The Balaban J connectivity index is 2.50. The van der Waals surface area contributed by atoms with Gasteiger partial charge in [-0.3, -0.25) is 4.72 Å². The Bertz CT molecular complexity index is 796. The fourth-order valence-electron chi connectivity index (χ4n) is 1.73. The standard InChI is InChI=1S/C11H11BrN4O4S/c1-6-3-4-8(7(5-6)11(17)18)14-21(19,20)10-9(12)13-15-16(10)2/h3-5,14H,1-2H3,(H,17,18). The third kappa shape index (κ3) is 3.05. The van der Waals surface area contributed by atoms with Gasteiger partial charge in [0.05, 0.1) is 11.3 Å². The summed E-state index contributed by atoms with van der Waals surface area (Å²) < 4.78 is 28.0. The summed E-state index contributed by atoms with van der Waals surface area (Å²) in [6.45, 7) is 1.71. The average molecular weight is 375 g/mol. The lowest BCUT2D eigenvalue weighted by Crippen LogP contribution is -2.19. The lowest BCUT2D eigenvalue weighted by Gasteiger charge is -2.11. The number of aromatic nitrogens is 3. The first-order chi connectivity index (χ1) is 9.72. The molecule has 1 heterocycles. The van der Waals surface area contributed by atoms with Crippen LogP contribution in [0.15, 0.2) is 27.8 Å². The largest absolute Gasteiger partial charge is 0.478 e. The number of nitrogens with one attached hydrogen (secondary N) is 1. The number of hydrogen-bond acceptors (Lipinski definition) is 5. The molecule has 0 atom stereocenters. The molecule has 112 valence electrons. The zero-order valence-corrected chi connectivity index (χ0v) is 13.4. The predicted molar refractivity (Wildman–Crippen MR) is 77.6 cm³/mol. The number of nitrogens with zero attached hydrogens (tertiary/aromatic N) is 3. The molecule has 0 aliphatic carbocycles. The van der Waals surface area contributed by atoms with Crippen molar-refractivity contribution in [3.63, 3.8) is 0 Å². The highest BCUT2D eigenvalue weighted by Gasteiger charge is 2.25. The van der Waals surface area contributed by atoms with Gasteiger partial charge < -0.3 is 5.11 Å². The maximum atomic E-state index is 12.3. The van der Waals surface area contributed by atoms with Crippen LogP contribution in [0.5, 0.6) is 0 Å². The number of rotatable bonds is 4. The molecule has 0 spiro atoms. The normalized spacial score (nSPS) is 11.4. The van der Waals surface area contributed by atoms with Gasteiger partial charge in [-0.15, -0.1) is 5.10 Å². The van der Waals surface area contributed by atoms with E-state index in [1.165, 1.54) is 19.2 Å². The van der Waals surface area contributed by atoms with E-state index in [4.69, 9.17) is 5.11 Å². The zero-order chi connectivity index (χ0) is 15.8. The van der Waals surface area contributed by atoms with E-state index in [-0.39, 0.29) is 20.9 Å². The highest BCUT2D eigenvalue weighted by Crippen LogP contribution is 2.24. The molecule has 0 unspecified atom stereocenters. The van der Waals surface area contributed by atoms with Gasteiger partial charge >= 0.3 is 5.97 Å². The van der Waals surface area contributed by atoms with Crippen molar-refractivity contribution in [2.24, 2.45) is 7.05 Å². The first kappa shape index (κ1) is 15.4. The van der Waals surface area contributed by atoms with Crippen molar-refractivity contribution >= 4 is 37.6 Å². The second kappa shape index (κ2) is 5.45. The van der Waals surface area contributed by atoms with Crippen LogP contribution in [0.3, 0.4) is 0 Å². The second-order valence-electron chi connectivity index (χ2n) is 4.27. The van der Waals surface area contributed by atoms with Crippen molar-refractivity contribution in [2.45, 2.75) is 11.9 Å². The van der Waals surface area contributed by atoms with Gasteiger partial charge in [-0.05, 0) is 35.0 Å². The maximum absolute atomic E-state index is 12.3. The molecule has 0 saturated heterocycles. The van der Waals surface area contributed by atoms with Crippen LogP contribution in [0, 0.1) is 6.92 Å². The van der Waals surface area contributed by atoms with E-state index in [2.05, 4.69) is 31.0 Å². The van der Waals surface area contributed by atoms with Gasteiger partial charge in [-0.25, -0.2) is 9.48 Å². The molecule has 2 aromatic rings. The SMILES string of the molecule is Cc1ccc(NS(=O)(=O)c2c(Br)nnn2C)c(C(=O)O)c1. The molecule has 1 aromatic carbocycles. The molecule has 0 fully saturated rings. The summed E-state index contributed by atoms with van der Waals surface area (Å²) >= 11 is 3.00. The average Bonchev–Trinajstić information content (AvgIpc) is 2.71. The highest BCUT2D eigenvalue weighted by atomic mass is 79.9. The third-order valence-corrected chi connectivity index (χ3v) is 4.89. The third-order valence-electron chi connectivity index (χ3n) is 2.64. The van der Waals surface area contributed by atoms with Gasteiger partial charge in [-0.1, -0.05) is 16.8 Å². The Morgan fingerprint density at radius 1 is 1.43 bits per heavy atom. The zero-order valence-electron chi connectivity index (χ0n) is 11.0. The summed E-state index contributed by atoms with van der Waals surface area (Å²) in [5.41, 5.74) is 0.546. The number of carboxylic acids is 1. The van der Waals surface area contributed by atoms with Crippen LogP contribution in [-0.2, 0) is 17.1 Å². The topological polar surface area (TPSA) is 114 Å². The fraction of sp³-hybridized carbons (Fsp3) is 0.182. The minimum atomic E-state index is -4.02. The van der Waals surface area contributed by atoms with Crippen LogP contribution >= 0.6 is 15.9 Å². The van der Waals surface area contributed by atoms with E-state index < -0.39 is 16.0 Å². The number of halogens is 1. The Morgan fingerprint density at radius 2 is 2.10 bits per heavy atom. The first-order valence-corrected chi connectivity index (χ1v) is 7.92. The van der Waals surface area contributed by atoms with Gasteiger partial charge in [0.15, 0.2) is 4.60 Å². The van der Waals surface area contributed by atoms with Crippen LogP contribution in [0.25, 0.3) is 0 Å². The van der Waals surface area contributed by atoms with Crippen molar-refractivity contribution in [3.05, 3.63) is 33.9 Å². The molecule has 0 radical (unpaired) electrons. The number of benzene rings is 1. The number of aromatic carboxylic acids is 1. The molecule has 2 rings (SSSR count). The monoisotopic (exact) mass is 374 g/mol. The quantitative estimate of drug-likeness (QED) is 0.835. The van der Waals surface area contributed by atoms with Crippen molar-refractivity contribution in [3.8, 4) is 0 Å². The summed E-state index contributed by atoms with van der Waals surface area (Å²) in [7, 11) is -2.61. The summed E-state index contributed by atoms with van der Waals surface area (Å²) in [6.07, 6.45) is 0. The van der Waals surface area contributed by atoms with Gasteiger partial charge in [0.1, 0.15) is 0 Å². The smallest absolute Gasteiger partial charge is 0.337 e. The summed E-state index contributed by atoms with van der Waals surface area (Å²) in [4.78, 5) is 11.2. The van der Waals surface area contributed by atoms with Crippen molar-refractivity contribution in [1.82, 2.24) is 15.0 Å². The highest BCUT2D eigenvalue weighted by molar-refractivity contribution is 9.10. The summed E-state index contributed by atoms with van der Waals surface area (Å²) in [5, 5.41) is 16.1. The van der Waals surface area contributed by atoms with E-state index >= 15 is 0 Å². The van der Waals surface area contributed by atoms with E-state index in [1.807, 2.05) is 0 Å². The second-order valence-corrected chi connectivity index (χ2v) is 6.62. The number of anilines is 1. The number of carbonyl (C=O) groups is 1. The molecule has 21 heavy (non-hydrogen) atoms. The number of carboxylic acid groups (broad SMARTS) is 1. The van der Waals surface area contributed by atoms with Crippen LogP contribution in [0.1, 0.15) is 15.9 Å². The predicted octanol–water partition coefficient (Wildman–Crippen LogP) is 1.39. The molecular formula is C11H11BrN4O4S. The molecule has 10 heteroatoms. The van der Waals surface area contributed by atoms with E-state index in [1.54, 1.807) is 13.0 Å². The van der Waals surface area contributed by atoms with E-state index in [0.717, 1.165) is 4.68 Å². The summed E-state index contributed by atoms with van der Waals surface area (Å²) in [6, 6.07) is 4.39. The minimum Gasteiger partial charge on any atom is -0.478 e. The van der Waals surface area contributed by atoms with Gasteiger partial charge in [-0.2, -0.15) is 8.42 Å². The fourth-order valence-corrected chi connectivity index (χ4v) is 3.90. The first-order valence-electron chi connectivity index (χ1n) is 5.64. The summed E-state index contributed by atoms with van der Waals surface area (Å²) in [5.74, 6) is -1.22. The molecule has 0 bridgehead atoms. The molecule has 0 aliphatic rings. The lowest BCUT2D eigenvalue weighted by molar-refractivity contribution is 0.0698. The number of hydrogen-bond donors (Lipinski definition) is 2. The lowest BCUT2D eigenvalue weighted by atomic mass is 10.1. The molecule has 2 N–H and O–H groups in total. The Morgan fingerprint density at radius 3 is 2.62 bits per heavy atom. The van der Waals surface area contributed by atoms with Gasteiger partial charge in [0.2, 0.25) is 5.03 Å². The van der Waals surface area contributed by atoms with Gasteiger partial charge in [0.25, 0.3) is 10.0 Å². The molecule has 8 nitrogen and oxygen atoms in total. The number of aryl methyl sites for hydroxylation is 2. The Hall–Kier alpha value is -1.94. The molecule has 0 saturated carbocycles. The van der Waals surface area contributed by atoms with Gasteiger partial charge in [0, 0.05) is 7.05 Å². The van der Waals surface area contributed by atoms with Crippen LogP contribution < -0.4 is 4.72 Å². The molecule has 1 aromatic heterocycles. The van der Waals surface area contributed by atoms with E-state index in [0.29, 0.717) is 5.56 Å². The van der Waals surface area contributed by atoms with Crippen LogP contribution in [0.2, 0.25) is 0 Å². The van der Waals surface area contributed by atoms with Crippen molar-refractivity contribution in [1.29, 1.82) is 0 Å². The van der Waals surface area contributed by atoms with E-state index in [9.17, 15) is 13.2 Å². The molecule has 0 aliphatic heterocycles. The van der Waals surface area contributed by atoms with Crippen molar-refractivity contribution in [2.75, 3.05) is 4.72 Å². The Kier molecular flexibility index (Phi) is 4.01. The maximum Gasteiger partial charge on any atom is 0.337 e.